The summed E-state index contributed by atoms with van der Waals surface area (Å²) in [5.41, 5.74) is 2.35. The van der Waals surface area contributed by atoms with Crippen molar-refractivity contribution in [2.75, 3.05) is 4.90 Å². The molecule has 0 saturated carbocycles. The van der Waals surface area contributed by atoms with Gasteiger partial charge in [-0.1, -0.05) is 59.9 Å². The molecule has 0 saturated heterocycles. The molecule has 4 aromatic rings. The number of hydrogen-bond acceptors (Lipinski definition) is 6. The van der Waals surface area contributed by atoms with E-state index in [2.05, 4.69) is 9.97 Å². The lowest BCUT2D eigenvalue weighted by Crippen LogP contribution is -2.31. The molecule has 1 N–H and O–H groups in total. The molecule has 0 fully saturated rings. The van der Waals surface area contributed by atoms with Crippen LogP contribution in [0.5, 0.6) is 0 Å². The number of ketones is 1. The maximum atomic E-state index is 13.3. The number of carbonyl (C=O) groups is 2. The highest BCUT2D eigenvalue weighted by Gasteiger charge is 2.46. The summed E-state index contributed by atoms with van der Waals surface area (Å²) >= 11 is 1.34. The van der Waals surface area contributed by atoms with E-state index in [4.69, 9.17) is 0 Å². The van der Waals surface area contributed by atoms with Gasteiger partial charge >= 0.3 is 0 Å². The summed E-state index contributed by atoms with van der Waals surface area (Å²) in [7, 11) is 0. The number of aliphatic hydroxyl groups excluding tert-OH is 1. The number of nitrogens with zero attached hydrogens (tertiary/aromatic N) is 3. The standard InChI is InChI=1S/C25H19N3O3S/c29-19(14-13-16-8-2-1-3-9-16)21-22(18-11-6-7-15-26-18)28(24(31)23(21)30)25-27-17-10-4-5-12-20(17)32-25/h1-12,15,22,30H,13-14H2. The molecule has 1 aliphatic heterocycles. The number of aliphatic hydroxyl groups is 1. The lowest BCUT2D eigenvalue weighted by atomic mass is 9.96. The van der Waals surface area contributed by atoms with Gasteiger partial charge in [0.15, 0.2) is 16.7 Å². The predicted octanol–water partition coefficient (Wildman–Crippen LogP) is 4.79. The third kappa shape index (κ3) is 3.56. The number of rotatable bonds is 6. The number of benzene rings is 2. The fraction of sp³-hybridized carbons (Fsp3) is 0.120. The van der Waals surface area contributed by atoms with Crippen molar-refractivity contribution in [2.45, 2.75) is 18.9 Å². The fourth-order valence-corrected chi connectivity index (χ4v) is 4.90. The summed E-state index contributed by atoms with van der Waals surface area (Å²) in [5.74, 6) is -1.44. The lowest BCUT2D eigenvalue weighted by Gasteiger charge is -2.23. The van der Waals surface area contributed by atoms with Crippen molar-refractivity contribution in [1.29, 1.82) is 0 Å². The van der Waals surface area contributed by atoms with E-state index < -0.39 is 17.7 Å². The zero-order valence-electron chi connectivity index (χ0n) is 17.0. The number of anilines is 1. The summed E-state index contributed by atoms with van der Waals surface area (Å²) in [6.07, 6.45) is 2.30. The Morgan fingerprint density at radius 2 is 1.75 bits per heavy atom. The molecule has 2 aromatic heterocycles. The van der Waals surface area contributed by atoms with Gasteiger partial charge in [0.2, 0.25) is 0 Å². The molecule has 1 unspecified atom stereocenters. The smallest absolute Gasteiger partial charge is 0.296 e. The van der Waals surface area contributed by atoms with Crippen LogP contribution in [0.25, 0.3) is 10.2 Å². The number of thiazole rings is 1. The molecule has 0 spiro atoms. The van der Waals surface area contributed by atoms with E-state index in [0.717, 1.165) is 15.8 Å². The molecule has 1 aliphatic rings. The van der Waals surface area contributed by atoms with Gasteiger partial charge in [0.1, 0.15) is 6.04 Å². The first-order valence-corrected chi connectivity index (χ1v) is 11.1. The molecule has 2 aromatic carbocycles. The van der Waals surface area contributed by atoms with Crippen LogP contribution in [0.15, 0.2) is 90.3 Å². The second-order valence-electron chi connectivity index (χ2n) is 7.47. The first-order valence-electron chi connectivity index (χ1n) is 10.2. The maximum absolute atomic E-state index is 13.3. The molecule has 6 nitrogen and oxygen atoms in total. The van der Waals surface area contributed by atoms with Gasteiger partial charge in [-0.2, -0.15) is 0 Å². The Morgan fingerprint density at radius 3 is 2.50 bits per heavy atom. The average molecular weight is 442 g/mol. The first-order chi connectivity index (χ1) is 15.6. The summed E-state index contributed by atoms with van der Waals surface area (Å²) in [6, 6.07) is 21.7. The molecule has 32 heavy (non-hydrogen) atoms. The van der Waals surface area contributed by atoms with Crippen molar-refractivity contribution < 1.29 is 14.7 Å². The van der Waals surface area contributed by atoms with Gasteiger partial charge in [-0.15, -0.1) is 0 Å². The van der Waals surface area contributed by atoms with E-state index in [1.807, 2.05) is 54.6 Å². The molecule has 1 amide bonds. The predicted molar refractivity (Wildman–Crippen MR) is 124 cm³/mol. The van der Waals surface area contributed by atoms with Crippen LogP contribution in [0.1, 0.15) is 23.7 Å². The SMILES string of the molecule is O=C(CCc1ccccc1)C1=C(O)C(=O)N(c2nc3ccccc3s2)C1c1ccccn1. The topological polar surface area (TPSA) is 83.4 Å². The van der Waals surface area contributed by atoms with Crippen molar-refractivity contribution in [3.8, 4) is 0 Å². The molecule has 0 bridgehead atoms. The lowest BCUT2D eigenvalue weighted by molar-refractivity contribution is -0.118. The van der Waals surface area contributed by atoms with E-state index in [-0.39, 0.29) is 17.8 Å². The number of pyridine rings is 1. The first kappa shape index (κ1) is 20.1. The van der Waals surface area contributed by atoms with Gasteiger partial charge in [-0.05, 0) is 36.2 Å². The molecule has 3 heterocycles. The van der Waals surface area contributed by atoms with Gasteiger partial charge in [-0.25, -0.2) is 4.98 Å². The van der Waals surface area contributed by atoms with Gasteiger partial charge in [-0.3, -0.25) is 19.5 Å². The highest BCUT2D eigenvalue weighted by atomic mass is 32.1. The van der Waals surface area contributed by atoms with E-state index in [1.54, 1.807) is 24.4 Å². The Labute approximate surface area is 188 Å². The third-order valence-corrected chi connectivity index (χ3v) is 6.48. The van der Waals surface area contributed by atoms with Crippen LogP contribution in [-0.4, -0.2) is 26.8 Å². The van der Waals surface area contributed by atoms with Crippen molar-refractivity contribution in [1.82, 2.24) is 9.97 Å². The summed E-state index contributed by atoms with van der Waals surface area (Å²) < 4.78 is 0.915. The quantitative estimate of drug-likeness (QED) is 0.465. The Kier molecular flexibility index (Phi) is 5.25. The average Bonchev–Trinajstić information content (AvgIpc) is 3.37. The number of amides is 1. The Morgan fingerprint density at radius 1 is 1.00 bits per heavy atom. The monoisotopic (exact) mass is 441 g/mol. The van der Waals surface area contributed by atoms with E-state index in [9.17, 15) is 14.7 Å². The third-order valence-electron chi connectivity index (χ3n) is 5.45. The Hall–Kier alpha value is -3.84. The molecular formula is C25H19N3O3S. The molecule has 0 aliphatic carbocycles. The van der Waals surface area contributed by atoms with E-state index in [0.29, 0.717) is 17.2 Å². The zero-order chi connectivity index (χ0) is 22.1. The number of hydrogen-bond donors (Lipinski definition) is 1. The normalized spacial score (nSPS) is 16.2. The van der Waals surface area contributed by atoms with Crippen LogP contribution in [0.2, 0.25) is 0 Å². The van der Waals surface area contributed by atoms with Gasteiger partial charge < -0.3 is 5.11 Å². The van der Waals surface area contributed by atoms with Crippen molar-refractivity contribution in [3.05, 3.63) is 102 Å². The van der Waals surface area contributed by atoms with Crippen molar-refractivity contribution >= 4 is 38.4 Å². The van der Waals surface area contributed by atoms with E-state index >= 15 is 0 Å². The highest BCUT2D eigenvalue weighted by molar-refractivity contribution is 7.22. The highest BCUT2D eigenvalue weighted by Crippen LogP contribution is 2.43. The van der Waals surface area contributed by atoms with Crippen molar-refractivity contribution in [3.63, 3.8) is 0 Å². The fourth-order valence-electron chi connectivity index (χ4n) is 3.91. The van der Waals surface area contributed by atoms with Crippen LogP contribution >= 0.6 is 11.3 Å². The summed E-state index contributed by atoms with van der Waals surface area (Å²) in [4.78, 5) is 36.8. The van der Waals surface area contributed by atoms with Gasteiger partial charge in [0.05, 0.1) is 21.5 Å². The zero-order valence-corrected chi connectivity index (χ0v) is 17.8. The van der Waals surface area contributed by atoms with Crippen LogP contribution in [-0.2, 0) is 16.0 Å². The van der Waals surface area contributed by atoms with Crippen LogP contribution in [0.3, 0.4) is 0 Å². The second kappa shape index (κ2) is 8.36. The minimum Gasteiger partial charge on any atom is -0.503 e. The molecule has 1 atom stereocenters. The number of aryl methyl sites for hydroxylation is 1. The van der Waals surface area contributed by atoms with E-state index in [1.165, 1.54) is 16.2 Å². The van der Waals surface area contributed by atoms with Crippen LogP contribution in [0, 0.1) is 0 Å². The number of aromatic nitrogens is 2. The minimum absolute atomic E-state index is 0.0730. The van der Waals surface area contributed by atoms with Crippen molar-refractivity contribution in [2.24, 2.45) is 0 Å². The number of carbonyl (C=O) groups excluding carboxylic acids is 2. The molecular weight excluding hydrogens is 422 g/mol. The largest absolute Gasteiger partial charge is 0.503 e. The Bertz CT molecular complexity index is 1300. The van der Waals surface area contributed by atoms with Crippen LogP contribution < -0.4 is 4.90 Å². The maximum Gasteiger partial charge on any atom is 0.296 e. The number of para-hydroxylation sites is 1. The molecule has 0 radical (unpaired) electrons. The van der Waals surface area contributed by atoms with Gasteiger partial charge in [0.25, 0.3) is 5.91 Å². The molecule has 7 heteroatoms. The summed E-state index contributed by atoms with van der Waals surface area (Å²) in [5, 5.41) is 11.2. The molecule has 5 rings (SSSR count). The van der Waals surface area contributed by atoms with Crippen LogP contribution in [0.4, 0.5) is 5.13 Å². The second-order valence-corrected chi connectivity index (χ2v) is 8.48. The van der Waals surface area contributed by atoms with Gasteiger partial charge in [0, 0.05) is 12.6 Å². The summed E-state index contributed by atoms with van der Waals surface area (Å²) in [6.45, 7) is 0. The minimum atomic E-state index is -0.826. The Balaban J connectivity index is 1.54. The number of fused-ring (bicyclic) bond motifs is 1. The number of Topliss-reactive ketones (excluding diaryl/α,β-unsaturated/α-hetero) is 1. The molecule has 158 valence electrons.